The largest absolute Gasteiger partial charge is 0.461 e. The van der Waals surface area contributed by atoms with Gasteiger partial charge in [0.05, 0.1) is 5.69 Å². The summed E-state index contributed by atoms with van der Waals surface area (Å²) in [5.41, 5.74) is 1.99. The minimum atomic E-state index is -6.39. The van der Waals surface area contributed by atoms with E-state index in [9.17, 15) is 43.9 Å². The van der Waals surface area contributed by atoms with E-state index in [0.29, 0.717) is 11.3 Å². The fraction of sp³-hybridized carbons (Fsp3) is 0.481. The van der Waals surface area contributed by atoms with Gasteiger partial charge in [-0.15, -0.1) is 0 Å². The van der Waals surface area contributed by atoms with Gasteiger partial charge in [0.1, 0.15) is 0 Å². The molecular weight excluding hydrogens is 570 g/mol. The van der Waals surface area contributed by atoms with Crippen LogP contribution < -0.4 is 0 Å². The van der Waals surface area contributed by atoms with Crippen molar-refractivity contribution in [1.82, 2.24) is 19.9 Å². The number of pyridine rings is 1. The maximum atomic E-state index is 14.0. The number of halogens is 10. The fourth-order valence-electron chi connectivity index (χ4n) is 4.96. The van der Waals surface area contributed by atoms with Gasteiger partial charge in [0.15, 0.2) is 5.82 Å². The lowest BCUT2D eigenvalue weighted by Crippen LogP contribution is -2.42. The van der Waals surface area contributed by atoms with E-state index in [0.717, 1.165) is 23.4 Å². The van der Waals surface area contributed by atoms with E-state index in [1.807, 2.05) is 12.1 Å². The second-order valence-electron chi connectivity index (χ2n) is 11.5. The van der Waals surface area contributed by atoms with Crippen molar-refractivity contribution in [2.24, 2.45) is 5.41 Å². The zero-order valence-corrected chi connectivity index (χ0v) is 22.5. The third-order valence-corrected chi connectivity index (χ3v) is 8.72. The standard InChI is InChI=1S/C27H24F10N4/c1-21(2)15-9-7-13(11-16(15)22(3,4)23(21,5)6)17-10-8-14(12-38-17)18-39-19(24(28,29)26(32,33)34)41-20(40-18)25(30,31)27(35,36)37/h7-12H,1-6H3. The second-order valence-corrected chi connectivity index (χ2v) is 11.5. The number of aromatic nitrogens is 4. The highest BCUT2D eigenvalue weighted by Gasteiger charge is 2.65. The van der Waals surface area contributed by atoms with Crippen molar-refractivity contribution in [1.29, 1.82) is 0 Å². The average Bonchev–Trinajstić information content (AvgIpc) is 2.96. The number of hydrogen-bond acceptors (Lipinski definition) is 4. The molecule has 0 saturated carbocycles. The molecule has 1 aromatic carbocycles. The van der Waals surface area contributed by atoms with Crippen molar-refractivity contribution in [3.05, 3.63) is 59.3 Å². The Morgan fingerprint density at radius 2 is 1.02 bits per heavy atom. The van der Waals surface area contributed by atoms with Crippen LogP contribution in [-0.4, -0.2) is 32.3 Å². The Kier molecular flexibility index (Phi) is 6.61. The number of benzene rings is 1. The Morgan fingerprint density at radius 1 is 0.561 bits per heavy atom. The summed E-state index contributed by atoms with van der Waals surface area (Å²) < 4.78 is 133. The van der Waals surface area contributed by atoms with Crippen LogP contribution in [0.3, 0.4) is 0 Å². The first-order valence-electron chi connectivity index (χ1n) is 12.2. The van der Waals surface area contributed by atoms with Crippen LogP contribution in [0, 0.1) is 5.41 Å². The van der Waals surface area contributed by atoms with Crippen molar-refractivity contribution in [2.75, 3.05) is 0 Å². The highest BCUT2D eigenvalue weighted by atomic mass is 19.4. The molecule has 222 valence electrons. The van der Waals surface area contributed by atoms with Gasteiger partial charge in [-0.05, 0) is 45.6 Å². The molecule has 0 unspecified atom stereocenters. The molecule has 4 rings (SSSR count). The van der Waals surface area contributed by atoms with Gasteiger partial charge in [0.25, 0.3) is 0 Å². The molecule has 0 amide bonds. The van der Waals surface area contributed by atoms with Crippen molar-refractivity contribution in [3.8, 4) is 22.6 Å². The Hall–Kier alpha value is -3.32. The Balaban J connectivity index is 1.82. The van der Waals surface area contributed by atoms with Crippen LogP contribution in [0.15, 0.2) is 36.5 Å². The highest BCUT2D eigenvalue weighted by molar-refractivity contribution is 5.66. The zero-order valence-electron chi connectivity index (χ0n) is 22.5. The summed E-state index contributed by atoms with van der Waals surface area (Å²) in [4.78, 5) is 12.1. The predicted octanol–water partition coefficient (Wildman–Crippen LogP) is 8.50. The number of rotatable bonds is 4. The normalized spacial score (nSPS) is 18.3. The summed E-state index contributed by atoms with van der Waals surface area (Å²) in [5, 5.41) is 0. The highest BCUT2D eigenvalue weighted by Crippen LogP contribution is 2.61. The first-order valence-corrected chi connectivity index (χ1v) is 12.2. The second kappa shape index (κ2) is 8.84. The molecule has 0 bridgehead atoms. The fourth-order valence-corrected chi connectivity index (χ4v) is 4.96. The molecule has 4 nitrogen and oxygen atoms in total. The SMILES string of the molecule is CC1(C)c2ccc(-c3ccc(-c4nc(C(F)(F)C(F)(F)F)nc(C(F)(F)C(F)(F)F)n4)cn3)cc2C(C)(C)C1(C)C. The van der Waals surface area contributed by atoms with Gasteiger partial charge in [-0.25, -0.2) is 15.0 Å². The van der Waals surface area contributed by atoms with E-state index in [-0.39, 0.29) is 16.2 Å². The van der Waals surface area contributed by atoms with Gasteiger partial charge < -0.3 is 0 Å². The topological polar surface area (TPSA) is 51.6 Å². The van der Waals surface area contributed by atoms with E-state index < -0.39 is 47.2 Å². The van der Waals surface area contributed by atoms with Crippen LogP contribution in [0.2, 0.25) is 0 Å². The molecule has 0 saturated heterocycles. The molecule has 2 heterocycles. The van der Waals surface area contributed by atoms with Crippen LogP contribution in [0.25, 0.3) is 22.6 Å². The van der Waals surface area contributed by atoms with E-state index in [2.05, 4.69) is 61.5 Å². The Bertz CT molecular complexity index is 1440. The summed E-state index contributed by atoms with van der Waals surface area (Å²) in [6, 6.07) is 8.00. The number of hydrogen-bond donors (Lipinski definition) is 0. The van der Waals surface area contributed by atoms with E-state index in [4.69, 9.17) is 0 Å². The van der Waals surface area contributed by atoms with Crippen molar-refractivity contribution >= 4 is 0 Å². The van der Waals surface area contributed by atoms with Crippen molar-refractivity contribution in [2.45, 2.75) is 76.6 Å². The van der Waals surface area contributed by atoms with Gasteiger partial charge in [0, 0.05) is 17.3 Å². The minimum Gasteiger partial charge on any atom is -0.255 e. The van der Waals surface area contributed by atoms with Gasteiger partial charge in [-0.1, -0.05) is 53.7 Å². The summed E-state index contributed by atoms with van der Waals surface area (Å²) in [5.74, 6) is -18.4. The predicted molar refractivity (Wildman–Crippen MR) is 128 cm³/mol. The molecular formula is C27H24F10N4. The monoisotopic (exact) mass is 594 g/mol. The van der Waals surface area contributed by atoms with Crippen LogP contribution in [0.4, 0.5) is 43.9 Å². The maximum absolute atomic E-state index is 14.0. The van der Waals surface area contributed by atoms with Crippen LogP contribution >= 0.6 is 0 Å². The number of nitrogens with zero attached hydrogens (tertiary/aromatic N) is 4. The van der Waals surface area contributed by atoms with Gasteiger partial charge >= 0.3 is 24.2 Å². The summed E-state index contributed by atoms with van der Waals surface area (Å²) in [6.07, 6.45) is -11.9. The summed E-state index contributed by atoms with van der Waals surface area (Å²) >= 11 is 0. The Morgan fingerprint density at radius 3 is 1.46 bits per heavy atom. The third-order valence-electron chi connectivity index (χ3n) is 8.72. The molecule has 0 radical (unpaired) electrons. The third kappa shape index (κ3) is 4.44. The molecule has 0 spiro atoms. The molecule has 41 heavy (non-hydrogen) atoms. The zero-order chi connectivity index (χ0) is 31.2. The smallest absolute Gasteiger partial charge is 0.255 e. The maximum Gasteiger partial charge on any atom is 0.461 e. The molecule has 2 aromatic heterocycles. The lowest BCUT2D eigenvalue weighted by Gasteiger charge is -2.44. The molecule has 1 aliphatic carbocycles. The van der Waals surface area contributed by atoms with Crippen LogP contribution in [0.5, 0.6) is 0 Å². The van der Waals surface area contributed by atoms with E-state index >= 15 is 0 Å². The van der Waals surface area contributed by atoms with Gasteiger partial charge in [0.2, 0.25) is 11.6 Å². The van der Waals surface area contributed by atoms with Crippen molar-refractivity contribution < 1.29 is 43.9 Å². The summed E-state index contributed by atoms with van der Waals surface area (Å²) in [7, 11) is 0. The number of fused-ring (bicyclic) bond motifs is 1. The first kappa shape index (κ1) is 30.6. The quantitative estimate of drug-likeness (QED) is 0.284. The molecule has 1 aliphatic rings. The lowest BCUT2D eigenvalue weighted by atomic mass is 9.59. The Labute approximate surface area is 228 Å². The molecule has 3 aromatic rings. The van der Waals surface area contributed by atoms with Crippen LogP contribution in [-0.2, 0) is 22.7 Å². The van der Waals surface area contributed by atoms with Gasteiger partial charge in [-0.2, -0.15) is 43.9 Å². The number of alkyl halides is 10. The van der Waals surface area contributed by atoms with Crippen LogP contribution in [0.1, 0.15) is 64.3 Å². The molecule has 14 heteroatoms. The van der Waals surface area contributed by atoms with E-state index in [1.54, 1.807) is 6.07 Å². The first-order chi connectivity index (χ1) is 18.4. The lowest BCUT2D eigenvalue weighted by molar-refractivity contribution is -0.297. The van der Waals surface area contributed by atoms with E-state index in [1.165, 1.54) is 6.07 Å². The summed E-state index contributed by atoms with van der Waals surface area (Å²) in [6.45, 7) is 12.8. The molecule has 0 aliphatic heterocycles. The molecule has 0 fully saturated rings. The average molecular weight is 594 g/mol. The van der Waals surface area contributed by atoms with Gasteiger partial charge in [-0.3, -0.25) is 4.98 Å². The molecule has 0 N–H and O–H groups in total. The van der Waals surface area contributed by atoms with Crippen molar-refractivity contribution in [3.63, 3.8) is 0 Å². The molecule has 0 atom stereocenters. The minimum absolute atomic E-state index is 0.150.